The smallest absolute Gasteiger partial charge is 0.341 e. The van der Waals surface area contributed by atoms with E-state index in [9.17, 15) is 4.79 Å². The molecule has 84 valence electrons. The van der Waals surface area contributed by atoms with E-state index < -0.39 is 12.1 Å². The number of nitriles is 1. The van der Waals surface area contributed by atoms with E-state index in [-0.39, 0.29) is 21.3 Å². The first-order chi connectivity index (χ1) is 7.45. The van der Waals surface area contributed by atoms with E-state index in [1.807, 2.05) is 0 Å². The lowest BCUT2D eigenvalue weighted by molar-refractivity contribution is 0.0437. The first-order valence-electron chi connectivity index (χ1n) is 4.30. The van der Waals surface area contributed by atoms with E-state index >= 15 is 0 Å². The van der Waals surface area contributed by atoms with Crippen molar-refractivity contribution in [2.45, 2.75) is 13.0 Å². The molecule has 1 atom stereocenters. The molecule has 1 rings (SSSR count). The Kier molecular flexibility index (Phi) is 3.99. The van der Waals surface area contributed by atoms with Crippen molar-refractivity contribution in [3.63, 3.8) is 0 Å². The van der Waals surface area contributed by atoms with Crippen molar-refractivity contribution in [2.24, 2.45) is 0 Å². The molecule has 0 unspecified atom stereocenters. The predicted octanol–water partition coefficient (Wildman–Crippen LogP) is 2.64. The van der Waals surface area contributed by atoms with Crippen molar-refractivity contribution < 1.29 is 9.53 Å². The van der Waals surface area contributed by atoms with Crippen LogP contribution in [0.2, 0.25) is 10.0 Å². The van der Waals surface area contributed by atoms with Crippen LogP contribution in [-0.2, 0) is 4.74 Å². The van der Waals surface area contributed by atoms with Gasteiger partial charge in [0.2, 0.25) is 0 Å². The Bertz CT molecular complexity index is 469. The topological polar surface area (TPSA) is 76.1 Å². The zero-order valence-corrected chi connectivity index (χ0v) is 9.84. The number of carbonyl (C=O) groups is 1. The number of anilines is 1. The van der Waals surface area contributed by atoms with Gasteiger partial charge in [0.1, 0.15) is 6.07 Å². The maximum atomic E-state index is 11.6. The lowest BCUT2D eigenvalue weighted by Gasteiger charge is -2.09. The number of hydrogen-bond acceptors (Lipinski definition) is 4. The van der Waals surface area contributed by atoms with Gasteiger partial charge in [0, 0.05) is 5.02 Å². The third-order valence-electron chi connectivity index (χ3n) is 1.78. The molecular formula is C10H8Cl2N2O2. The van der Waals surface area contributed by atoms with Crippen LogP contribution in [0.1, 0.15) is 17.3 Å². The van der Waals surface area contributed by atoms with E-state index in [0.29, 0.717) is 0 Å². The van der Waals surface area contributed by atoms with Crippen LogP contribution in [0.4, 0.5) is 5.69 Å². The van der Waals surface area contributed by atoms with E-state index in [0.717, 1.165) is 0 Å². The average molecular weight is 259 g/mol. The highest BCUT2D eigenvalue weighted by molar-refractivity contribution is 6.37. The highest BCUT2D eigenvalue weighted by Gasteiger charge is 2.17. The maximum Gasteiger partial charge on any atom is 0.341 e. The average Bonchev–Trinajstić information content (AvgIpc) is 2.22. The fraction of sp³-hybridized carbons (Fsp3) is 0.200. The largest absolute Gasteiger partial charge is 0.444 e. The molecule has 0 spiro atoms. The van der Waals surface area contributed by atoms with Crippen molar-refractivity contribution >= 4 is 34.9 Å². The van der Waals surface area contributed by atoms with Crippen LogP contribution in [0.3, 0.4) is 0 Å². The van der Waals surface area contributed by atoms with E-state index in [1.54, 1.807) is 6.07 Å². The summed E-state index contributed by atoms with van der Waals surface area (Å²) in [6, 6.07) is 4.53. The van der Waals surface area contributed by atoms with Crippen LogP contribution in [0, 0.1) is 11.3 Å². The molecule has 4 nitrogen and oxygen atoms in total. The van der Waals surface area contributed by atoms with E-state index in [1.165, 1.54) is 19.1 Å². The van der Waals surface area contributed by atoms with Crippen molar-refractivity contribution in [2.75, 3.05) is 5.73 Å². The van der Waals surface area contributed by atoms with Gasteiger partial charge in [0.15, 0.2) is 6.10 Å². The highest BCUT2D eigenvalue weighted by atomic mass is 35.5. The van der Waals surface area contributed by atoms with E-state index in [2.05, 4.69) is 0 Å². The summed E-state index contributed by atoms with van der Waals surface area (Å²) in [6.45, 7) is 1.44. The van der Waals surface area contributed by atoms with Gasteiger partial charge in [-0.3, -0.25) is 0 Å². The second kappa shape index (κ2) is 5.06. The first kappa shape index (κ1) is 12.6. The summed E-state index contributed by atoms with van der Waals surface area (Å²) in [5.74, 6) is -0.726. The van der Waals surface area contributed by atoms with Gasteiger partial charge in [-0.15, -0.1) is 0 Å². The van der Waals surface area contributed by atoms with Gasteiger partial charge in [-0.25, -0.2) is 4.79 Å². The minimum atomic E-state index is -0.857. The van der Waals surface area contributed by atoms with Crippen molar-refractivity contribution in [1.82, 2.24) is 0 Å². The molecule has 1 aromatic rings. The molecule has 0 aliphatic rings. The molecule has 0 heterocycles. The number of nitrogens with zero attached hydrogens (tertiary/aromatic N) is 1. The molecule has 0 aromatic heterocycles. The van der Waals surface area contributed by atoms with Gasteiger partial charge in [0.05, 0.1) is 16.3 Å². The molecule has 0 radical (unpaired) electrons. The highest BCUT2D eigenvalue weighted by Crippen LogP contribution is 2.28. The Morgan fingerprint density at radius 3 is 2.75 bits per heavy atom. The molecule has 0 bridgehead atoms. The quantitative estimate of drug-likeness (QED) is 0.654. The molecule has 16 heavy (non-hydrogen) atoms. The molecule has 1 aromatic carbocycles. The minimum absolute atomic E-state index is 0.0552. The Hall–Kier alpha value is -1.44. The van der Waals surface area contributed by atoms with Crippen LogP contribution in [-0.4, -0.2) is 12.1 Å². The Morgan fingerprint density at radius 1 is 1.56 bits per heavy atom. The molecule has 0 aliphatic carbocycles. The number of esters is 1. The summed E-state index contributed by atoms with van der Waals surface area (Å²) in [5, 5.41) is 8.94. The van der Waals surface area contributed by atoms with Crippen molar-refractivity contribution in [3.05, 3.63) is 27.7 Å². The molecule has 0 fully saturated rings. The van der Waals surface area contributed by atoms with Gasteiger partial charge >= 0.3 is 5.97 Å². The minimum Gasteiger partial charge on any atom is -0.444 e. The van der Waals surface area contributed by atoms with Crippen LogP contribution in [0.5, 0.6) is 0 Å². The number of hydrogen-bond donors (Lipinski definition) is 1. The summed E-state index contributed by atoms with van der Waals surface area (Å²) >= 11 is 11.5. The summed E-state index contributed by atoms with van der Waals surface area (Å²) in [5.41, 5.74) is 5.73. The van der Waals surface area contributed by atoms with Crippen molar-refractivity contribution in [3.8, 4) is 6.07 Å². The zero-order chi connectivity index (χ0) is 12.3. The monoisotopic (exact) mass is 258 g/mol. The van der Waals surface area contributed by atoms with Crippen LogP contribution >= 0.6 is 23.2 Å². The van der Waals surface area contributed by atoms with Crippen LogP contribution < -0.4 is 5.73 Å². The summed E-state index contributed by atoms with van der Waals surface area (Å²) in [7, 11) is 0. The van der Waals surface area contributed by atoms with Crippen molar-refractivity contribution in [1.29, 1.82) is 5.26 Å². The molecule has 0 saturated heterocycles. The summed E-state index contributed by atoms with van der Waals surface area (Å²) in [4.78, 5) is 11.6. The third-order valence-corrected chi connectivity index (χ3v) is 2.31. The molecule has 0 amide bonds. The van der Waals surface area contributed by atoms with Gasteiger partial charge in [-0.2, -0.15) is 5.26 Å². The van der Waals surface area contributed by atoms with Gasteiger partial charge < -0.3 is 10.5 Å². The molecule has 0 aliphatic heterocycles. The fourth-order valence-corrected chi connectivity index (χ4v) is 1.50. The number of nitrogens with two attached hydrogens (primary N) is 1. The zero-order valence-electron chi connectivity index (χ0n) is 8.33. The lowest BCUT2D eigenvalue weighted by atomic mass is 10.2. The number of carbonyl (C=O) groups excluding carboxylic acids is 1. The molecule has 2 N–H and O–H groups in total. The van der Waals surface area contributed by atoms with Crippen LogP contribution in [0.15, 0.2) is 12.1 Å². The maximum absolute atomic E-state index is 11.6. The predicted molar refractivity (Wildman–Crippen MR) is 61.4 cm³/mol. The van der Waals surface area contributed by atoms with Gasteiger partial charge in [-0.05, 0) is 19.1 Å². The number of rotatable bonds is 2. The third kappa shape index (κ3) is 2.78. The number of nitrogen functional groups attached to an aromatic ring is 1. The number of benzene rings is 1. The molecule has 0 saturated carbocycles. The van der Waals surface area contributed by atoms with Gasteiger partial charge in [0.25, 0.3) is 0 Å². The standard InChI is InChI=1S/C10H8Cl2N2O2/c1-5(4-13)16-10(15)7-2-6(11)3-8(12)9(7)14/h2-3,5H,14H2,1H3/t5-/m1/s1. The molecule has 6 heteroatoms. The number of halogens is 2. The Labute approximate surface area is 103 Å². The SMILES string of the molecule is C[C@H](C#N)OC(=O)c1cc(Cl)cc(Cl)c1N. The Balaban J connectivity index is 3.05. The first-order valence-corrected chi connectivity index (χ1v) is 5.06. The second-order valence-corrected chi connectivity index (χ2v) is 3.87. The van der Waals surface area contributed by atoms with Gasteiger partial charge in [-0.1, -0.05) is 23.2 Å². The summed E-state index contributed by atoms with van der Waals surface area (Å²) in [6.07, 6.45) is -0.857. The number of ether oxygens (including phenoxy) is 1. The lowest BCUT2D eigenvalue weighted by Crippen LogP contribution is -2.14. The van der Waals surface area contributed by atoms with Crippen LogP contribution in [0.25, 0.3) is 0 Å². The normalized spacial score (nSPS) is 11.6. The summed E-state index contributed by atoms with van der Waals surface area (Å²) < 4.78 is 4.78. The molecular weight excluding hydrogens is 251 g/mol. The second-order valence-electron chi connectivity index (χ2n) is 3.03. The Morgan fingerprint density at radius 2 is 2.19 bits per heavy atom. The fourth-order valence-electron chi connectivity index (χ4n) is 1.00. The van der Waals surface area contributed by atoms with E-state index in [4.69, 9.17) is 38.9 Å².